The quantitative estimate of drug-likeness (QED) is 0.852. The lowest BCUT2D eigenvalue weighted by atomic mass is 10.1. The van der Waals surface area contributed by atoms with Gasteiger partial charge in [0.05, 0.1) is 17.3 Å². The highest BCUT2D eigenvalue weighted by Gasteiger charge is 2.29. The Bertz CT molecular complexity index is 490. The smallest absolute Gasteiger partial charge is 0.257 e. The highest BCUT2D eigenvalue weighted by Crippen LogP contribution is 2.20. The van der Waals surface area contributed by atoms with Gasteiger partial charge in [0.15, 0.2) is 0 Å². The Labute approximate surface area is 121 Å². The van der Waals surface area contributed by atoms with Gasteiger partial charge >= 0.3 is 0 Å². The largest absolute Gasteiger partial charge is 0.335 e. The Balaban J connectivity index is 2.24. The van der Waals surface area contributed by atoms with Crippen molar-refractivity contribution in [2.24, 2.45) is 0 Å². The zero-order valence-corrected chi connectivity index (χ0v) is 13.4. The molecular weight excluding hydrogens is 252 g/mol. The van der Waals surface area contributed by atoms with Crippen molar-refractivity contribution >= 4 is 5.91 Å². The normalized spacial score (nSPS) is 24.0. The van der Waals surface area contributed by atoms with Gasteiger partial charge in [-0.2, -0.15) is 5.10 Å². The lowest BCUT2D eigenvalue weighted by molar-refractivity contribution is 0.0672. The summed E-state index contributed by atoms with van der Waals surface area (Å²) in [5, 5.41) is 7.84. The van der Waals surface area contributed by atoms with Crippen LogP contribution >= 0.6 is 0 Å². The molecule has 1 N–H and O–H groups in total. The van der Waals surface area contributed by atoms with Crippen molar-refractivity contribution in [1.29, 1.82) is 0 Å². The lowest BCUT2D eigenvalue weighted by Gasteiger charge is -2.36. The minimum absolute atomic E-state index is 0.0956. The van der Waals surface area contributed by atoms with Crippen LogP contribution in [-0.4, -0.2) is 45.8 Å². The molecule has 2 heterocycles. The zero-order valence-electron chi connectivity index (χ0n) is 13.4. The molecule has 0 bridgehead atoms. The molecule has 0 unspecified atom stereocenters. The maximum atomic E-state index is 12.7. The van der Waals surface area contributed by atoms with E-state index in [2.05, 4.69) is 45.0 Å². The summed E-state index contributed by atoms with van der Waals surface area (Å²) in [6.45, 7) is 14.0. The molecule has 5 nitrogen and oxygen atoms in total. The first kappa shape index (κ1) is 15.0. The summed E-state index contributed by atoms with van der Waals surface area (Å²) in [6.07, 6.45) is 1.71. The first-order chi connectivity index (χ1) is 9.20. The van der Waals surface area contributed by atoms with Gasteiger partial charge in [0.1, 0.15) is 0 Å². The molecule has 1 aliphatic rings. The van der Waals surface area contributed by atoms with E-state index < -0.39 is 0 Å². The second-order valence-corrected chi connectivity index (χ2v) is 6.91. The molecule has 0 spiro atoms. The average Bonchev–Trinajstić information content (AvgIpc) is 2.68. The number of piperazine rings is 1. The average molecular weight is 278 g/mol. The predicted octanol–water partition coefficient (Wildman–Crippen LogP) is 1.77. The summed E-state index contributed by atoms with van der Waals surface area (Å²) < 4.78 is 1.93. The minimum atomic E-state index is -0.105. The molecule has 2 atom stereocenters. The van der Waals surface area contributed by atoms with Crippen LogP contribution in [0.15, 0.2) is 6.20 Å². The van der Waals surface area contributed by atoms with Crippen molar-refractivity contribution in [1.82, 2.24) is 20.0 Å². The van der Waals surface area contributed by atoms with E-state index >= 15 is 0 Å². The molecule has 1 fully saturated rings. The van der Waals surface area contributed by atoms with E-state index in [1.165, 1.54) is 0 Å². The van der Waals surface area contributed by atoms with E-state index in [0.717, 1.165) is 24.3 Å². The Morgan fingerprint density at radius 3 is 2.30 bits per heavy atom. The molecule has 1 amide bonds. The van der Waals surface area contributed by atoms with Crippen LogP contribution in [0.3, 0.4) is 0 Å². The first-order valence-corrected chi connectivity index (χ1v) is 7.30. The van der Waals surface area contributed by atoms with Gasteiger partial charge in [0.25, 0.3) is 5.91 Å². The van der Waals surface area contributed by atoms with Gasteiger partial charge in [-0.15, -0.1) is 0 Å². The summed E-state index contributed by atoms with van der Waals surface area (Å²) >= 11 is 0. The maximum absolute atomic E-state index is 12.7. The Morgan fingerprint density at radius 2 is 1.85 bits per heavy atom. The van der Waals surface area contributed by atoms with Crippen LogP contribution in [0.5, 0.6) is 0 Å². The second-order valence-electron chi connectivity index (χ2n) is 6.91. The summed E-state index contributed by atoms with van der Waals surface area (Å²) in [7, 11) is 0. The van der Waals surface area contributed by atoms with Gasteiger partial charge in [-0.3, -0.25) is 9.48 Å². The molecule has 0 saturated carbocycles. The van der Waals surface area contributed by atoms with Gasteiger partial charge in [0.2, 0.25) is 0 Å². The minimum Gasteiger partial charge on any atom is -0.335 e. The molecule has 5 heteroatoms. The molecule has 0 aromatic carbocycles. The number of carbonyl (C=O) groups is 1. The van der Waals surface area contributed by atoms with Gasteiger partial charge in [-0.05, 0) is 41.5 Å². The van der Waals surface area contributed by atoms with Crippen LogP contribution in [0, 0.1) is 6.92 Å². The second kappa shape index (κ2) is 5.20. The van der Waals surface area contributed by atoms with E-state index in [0.29, 0.717) is 12.1 Å². The van der Waals surface area contributed by atoms with E-state index in [4.69, 9.17) is 0 Å². The zero-order chi connectivity index (χ0) is 15.1. The van der Waals surface area contributed by atoms with E-state index in [9.17, 15) is 4.79 Å². The van der Waals surface area contributed by atoms with Crippen molar-refractivity contribution in [3.8, 4) is 0 Å². The van der Waals surface area contributed by atoms with E-state index in [1.54, 1.807) is 6.20 Å². The third-order valence-electron chi connectivity index (χ3n) is 3.72. The van der Waals surface area contributed by atoms with Crippen LogP contribution in [-0.2, 0) is 5.54 Å². The number of rotatable bonds is 1. The third-order valence-corrected chi connectivity index (χ3v) is 3.72. The Morgan fingerprint density at radius 1 is 1.30 bits per heavy atom. The van der Waals surface area contributed by atoms with Crippen molar-refractivity contribution in [2.45, 2.75) is 59.2 Å². The fourth-order valence-electron chi connectivity index (χ4n) is 2.96. The summed E-state index contributed by atoms with van der Waals surface area (Å²) in [5.41, 5.74) is 1.56. The van der Waals surface area contributed by atoms with Crippen molar-refractivity contribution in [3.63, 3.8) is 0 Å². The van der Waals surface area contributed by atoms with E-state index in [1.807, 2.05) is 16.5 Å². The Hall–Kier alpha value is -1.36. The topological polar surface area (TPSA) is 50.2 Å². The first-order valence-electron chi connectivity index (χ1n) is 7.30. The molecule has 112 valence electrons. The number of amides is 1. The van der Waals surface area contributed by atoms with Crippen LogP contribution in [0.2, 0.25) is 0 Å². The predicted molar refractivity (Wildman–Crippen MR) is 79.9 cm³/mol. The SMILES string of the molecule is Cc1c(C(=O)N2C[C@@H](C)N[C@H](C)C2)cnn1C(C)(C)C. The molecular formula is C15H26N4O. The Kier molecular flexibility index (Phi) is 3.91. The van der Waals surface area contributed by atoms with Crippen molar-refractivity contribution < 1.29 is 4.79 Å². The molecule has 1 saturated heterocycles. The standard InChI is InChI=1S/C15H26N4O/c1-10-8-18(9-11(2)17-10)14(20)13-7-16-19(12(13)3)15(4,5)6/h7,10-11,17H,8-9H2,1-6H3/t10-,11-/m1/s1. The fourth-order valence-corrected chi connectivity index (χ4v) is 2.96. The molecule has 1 aromatic rings. The van der Waals surface area contributed by atoms with Crippen LogP contribution in [0.4, 0.5) is 0 Å². The summed E-state index contributed by atoms with van der Waals surface area (Å²) in [5.74, 6) is 0.0956. The van der Waals surface area contributed by atoms with Crippen molar-refractivity contribution in [3.05, 3.63) is 17.5 Å². The number of hydrogen-bond acceptors (Lipinski definition) is 3. The number of carbonyl (C=O) groups excluding carboxylic acids is 1. The number of hydrogen-bond donors (Lipinski definition) is 1. The highest BCUT2D eigenvalue weighted by atomic mass is 16.2. The molecule has 0 aliphatic carbocycles. The lowest BCUT2D eigenvalue weighted by Crippen LogP contribution is -2.55. The number of aromatic nitrogens is 2. The third kappa shape index (κ3) is 2.87. The van der Waals surface area contributed by atoms with Crippen molar-refractivity contribution in [2.75, 3.05) is 13.1 Å². The van der Waals surface area contributed by atoms with Crippen LogP contribution in [0.1, 0.15) is 50.7 Å². The monoisotopic (exact) mass is 278 g/mol. The molecule has 1 aromatic heterocycles. The highest BCUT2D eigenvalue weighted by molar-refractivity contribution is 5.95. The summed E-state index contributed by atoms with van der Waals surface area (Å²) in [4.78, 5) is 14.6. The number of nitrogens with zero attached hydrogens (tertiary/aromatic N) is 3. The van der Waals surface area contributed by atoms with Crippen LogP contribution in [0.25, 0.3) is 0 Å². The molecule has 1 aliphatic heterocycles. The maximum Gasteiger partial charge on any atom is 0.257 e. The number of nitrogens with one attached hydrogen (secondary N) is 1. The van der Waals surface area contributed by atoms with Gasteiger partial charge in [-0.25, -0.2) is 0 Å². The molecule has 2 rings (SSSR count). The van der Waals surface area contributed by atoms with Gasteiger partial charge in [-0.1, -0.05) is 0 Å². The molecule has 20 heavy (non-hydrogen) atoms. The van der Waals surface area contributed by atoms with E-state index in [-0.39, 0.29) is 11.4 Å². The molecule has 0 radical (unpaired) electrons. The summed E-state index contributed by atoms with van der Waals surface area (Å²) in [6, 6.07) is 0.668. The van der Waals surface area contributed by atoms with Gasteiger partial charge in [0, 0.05) is 30.9 Å². The van der Waals surface area contributed by atoms with Crippen LogP contribution < -0.4 is 5.32 Å². The van der Waals surface area contributed by atoms with Gasteiger partial charge < -0.3 is 10.2 Å². The fraction of sp³-hybridized carbons (Fsp3) is 0.733.